The first-order chi connectivity index (χ1) is 14.9. The van der Waals surface area contributed by atoms with E-state index in [9.17, 15) is 13.7 Å². The SMILES string of the molecule is CCC(c1cccc(Oc2ccc3c(c2)C2=NCCCCN2C=N3)c1C#N)S(N)(=O)=O. The van der Waals surface area contributed by atoms with Crippen LogP contribution in [-0.2, 0) is 10.0 Å². The van der Waals surface area contributed by atoms with E-state index >= 15 is 0 Å². The van der Waals surface area contributed by atoms with Crippen LogP contribution in [0.15, 0.2) is 46.4 Å². The Morgan fingerprint density at radius 2 is 2.13 bits per heavy atom. The molecule has 2 N–H and O–H groups in total. The molecule has 2 aliphatic rings. The summed E-state index contributed by atoms with van der Waals surface area (Å²) in [5, 5.41) is 14.2. The predicted molar refractivity (Wildman–Crippen MR) is 119 cm³/mol. The van der Waals surface area contributed by atoms with Crippen molar-refractivity contribution in [2.75, 3.05) is 13.1 Å². The fourth-order valence-corrected chi connectivity index (χ4v) is 4.92. The van der Waals surface area contributed by atoms with Gasteiger partial charge in [-0.25, -0.2) is 18.5 Å². The van der Waals surface area contributed by atoms with Crippen molar-refractivity contribution in [2.24, 2.45) is 15.1 Å². The molecule has 1 atom stereocenters. The number of nitriles is 1. The number of fused-ring (bicyclic) bond motifs is 3. The molecule has 2 aliphatic heterocycles. The highest BCUT2D eigenvalue weighted by Crippen LogP contribution is 2.36. The van der Waals surface area contributed by atoms with Crippen molar-refractivity contribution in [3.63, 3.8) is 0 Å². The molecule has 0 aromatic heterocycles. The lowest BCUT2D eigenvalue weighted by Crippen LogP contribution is -2.32. The van der Waals surface area contributed by atoms with Crippen molar-refractivity contribution in [3.05, 3.63) is 53.1 Å². The molecule has 4 rings (SSSR count). The minimum absolute atomic E-state index is 0.160. The molecule has 0 spiro atoms. The van der Waals surface area contributed by atoms with Crippen LogP contribution < -0.4 is 9.88 Å². The first-order valence-electron chi connectivity index (χ1n) is 10.1. The van der Waals surface area contributed by atoms with Gasteiger partial charge < -0.3 is 9.64 Å². The summed E-state index contributed by atoms with van der Waals surface area (Å²) in [5.41, 5.74) is 2.17. The van der Waals surface area contributed by atoms with E-state index in [1.165, 1.54) is 0 Å². The minimum Gasteiger partial charge on any atom is -0.456 e. The fourth-order valence-electron chi connectivity index (χ4n) is 3.91. The van der Waals surface area contributed by atoms with Crippen molar-refractivity contribution in [2.45, 2.75) is 31.4 Å². The Kier molecular flexibility index (Phi) is 5.76. The van der Waals surface area contributed by atoms with E-state index in [1.54, 1.807) is 31.2 Å². The van der Waals surface area contributed by atoms with Crippen LogP contribution in [0.5, 0.6) is 11.5 Å². The normalized spacial score (nSPS) is 16.4. The van der Waals surface area contributed by atoms with Crippen LogP contribution >= 0.6 is 0 Å². The number of rotatable bonds is 5. The van der Waals surface area contributed by atoms with Crippen molar-refractivity contribution >= 4 is 27.9 Å². The molecule has 0 saturated carbocycles. The summed E-state index contributed by atoms with van der Waals surface area (Å²) in [6.45, 7) is 3.34. The molecule has 2 heterocycles. The Hall–Kier alpha value is -3.22. The highest BCUT2D eigenvalue weighted by atomic mass is 32.2. The van der Waals surface area contributed by atoms with Crippen LogP contribution in [0.25, 0.3) is 0 Å². The van der Waals surface area contributed by atoms with E-state index in [1.807, 2.05) is 23.4 Å². The van der Waals surface area contributed by atoms with E-state index in [0.717, 1.165) is 43.0 Å². The van der Waals surface area contributed by atoms with Gasteiger partial charge in [0.15, 0.2) is 0 Å². The van der Waals surface area contributed by atoms with E-state index in [2.05, 4.69) is 11.1 Å². The Morgan fingerprint density at radius 1 is 1.29 bits per heavy atom. The zero-order chi connectivity index (χ0) is 22.0. The number of sulfonamides is 1. The molecule has 0 bridgehead atoms. The second-order valence-electron chi connectivity index (χ2n) is 7.45. The average molecular weight is 438 g/mol. The van der Waals surface area contributed by atoms with Gasteiger partial charge in [0.1, 0.15) is 28.7 Å². The van der Waals surface area contributed by atoms with Crippen molar-refractivity contribution in [3.8, 4) is 17.6 Å². The molecule has 2 aromatic rings. The zero-order valence-electron chi connectivity index (χ0n) is 17.2. The summed E-state index contributed by atoms with van der Waals surface area (Å²) in [6, 6.07) is 12.5. The first-order valence-corrected chi connectivity index (χ1v) is 11.8. The summed E-state index contributed by atoms with van der Waals surface area (Å²) in [7, 11) is -3.86. The maximum atomic E-state index is 12.0. The van der Waals surface area contributed by atoms with Crippen molar-refractivity contribution < 1.29 is 13.2 Å². The Bertz CT molecular complexity index is 1210. The van der Waals surface area contributed by atoms with Crippen molar-refractivity contribution in [1.82, 2.24) is 4.90 Å². The van der Waals surface area contributed by atoms with Gasteiger partial charge in [-0.3, -0.25) is 4.99 Å². The summed E-state index contributed by atoms with van der Waals surface area (Å²) < 4.78 is 30.1. The second-order valence-corrected chi connectivity index (χ2v) is 9.20. The number of nitrogens with zero attached hydrogens (tertiary/aromatic N) is 4. The topological polar surface area (TPSA) is 121 Å². The van der Waals surface area contributed by atoms with Gasteiger partial charge in [-0.05, 0) is 49.1 Å². The summed E-state index contributed by atoms with van der Waals surface area (Å²) in [5.74, 6) is 1.66. The Morgan fingerprint density at radius 3 is 2.87 bits per heavy atom. The van der Waals surface area contributed by atoms with Gasteiger partial charge >= 0.3 is 0 Å². The van der Waals surface area contributed by atoms with E-state index in [-0.39, 0.29) is 17.7 Å². The lowest BCUT2D eigenvalue weighted by Gasteiger charge is -2.25. The van der Waals surface area contributed by atoms with Crippen LogP contribution in [0.4, 0.5) is 5.69 Å². The van der Waals surface area contributed by atoms with Crippen LogP contribution in [-0.4, -0.2) is 38.6 Å². The number of hydrogen-bond donors (Lipinski definition) is 1. The van der Waals surface area contributed by atoms with Gasteiger partial charge in [0.05, 0.1) is 17.6 Å². The molecule has 9 heteroatoms. The predicted octanol–water partition coefficient (Wildman–Crippen LogP) is 3.61. The molecular formula is C22H23N5O3S. The van der Waals surface area contributed by atoms with Gasteiger partial charge in [0, 0.05) is 18.7 Å². The molecule has 8 nitrogen and oxygen atoms in total. The zero-order valence-corrected chi connectivity index (χ0v) is 18.0. The lowest BCUT2D eigenvalue weighted by molar-refractivity contribution is 0.479. The van der Waals surface area contributed by atoms with Gasteiger partial charge in [0.25, 0.3) is 0 Å². The van der Waals surface area contributed by atoms with Gasteiger partial charge in [-0.1, -0.05) is 19.1 Å². The van der Waals surface area contributed by atoms with E-state index < -0.39 is 15.3 Å². The maximum absolute atomic E-state index is 12.0. The minimum atomic E-state index is -3.86. The number of nitrogens with two attached hydrogens (primary N) is 1. The first kappa shape index (κ1) is 21.0. The molecule has 0 saturated heterocycles. The largest absolute Gasteiger partial charge is 0.456 e. The maximum Gasteiger partial charge on any atom is 0.216 e. The smallest absolute Gasteiger partial charge is 0.216 e. The molecule has 1 unspecified atom stereocenters. The lowest BCUT2D eigenvalue weighted by atomic mass is 10.0. The summed E-state index contributed by atoms with van der Waals surface area (Å²) in [6.07, 6.45) is 4.14. The van der Waals surface area contributed by atoms with E-state index in [4.69, 9.17) is 14.9 Å². The third kappa shape index (κ3) is 4.17. The molecule has 160 valence electrons. The third-order valence-corrected chi connectivity index (χ3v) is 6.78. The van der Waals surface area contributed by atoms with Crippen LogP contribution in [0.3, 0.4) is 0 Å². The van der Waals surface area contributed by atoms with Gasteiger partial charge in [-0.2, -0.15) is 5.26 Å². The Balaban J connectivity index is 1.72. The fraction of sp³-hybridized carbons (Fsp3) is 0.318. The standard InChI is InChI=1S/C22H23N5O3S/c1-2-21(31(24,28)29)16-6-5-7-20(18(16)13-23)30-15-8-9-19-17(12-15)22-25-10-3-4-11-27(22)14-26-19/h5-9,12,14,21H,2-4,10-11H2,1H3,(H2,24,28,29). The molecule has 0 aliphatic carbocycles. The highest BCUT2D eigenvalue weighted by molar-refractivity contribution is 7.89. The molecule has 0 amide bonds. The van der Waals surface area contributed by atoms with Gasteiger partial charge in [0.2, 0.25) is 10.0 Å². The molecule has 0 fully saturated rings. The number of aliphatic imine (C=N–C) groups is 2. The van der Waals surface area contributed by atoms with Gasteiger partial charge in [-0.15, -0.1) is 0 Å². The molecule has 2 aromatic carbocycles. The number of primary sulfonamides is 1. The van der Waals surface area contributed by atoms with Crippen LogP contribution in [0.1, 0.15) is 48.1 Å². The number of amidine groups is 1. The molecule has 31 heavy (non-hydrogen) atoms. The highest BCUT2D eigenvalue weighted by Gasteiger charge is 2.27. The summed E-state index contributed by atoms with van der Waals surface area (Å²) in [4.78, 5) is 11.3. The summed E-state index contributed by atoms with van der Waals surface area (Å²) >= 11 is 0. The average Bonchev–Trinajstić information content (AvgIpc) is 2.99. The Labute approximate surface area is 181 Å². The van der Waals surface area contributed by atoms with E-state index in [0.29, 0.717) is 11.3 Å². The van der Waals surface area contributed by atoms with Crippen LogP contribution in [0.2, 0.25) is 0 Å². The number of hydrogen-bond acceptors (Lipinski definition) is 7. The monoisotopic (exact) mass is 437 g/mol. The molecule has 0 radical (unpaired) electrons. The molecular weight excluding hydrogens is 414 g/mol. The van der Waals surface area contributed by atoms with Crippen molar-refractivity contribution in [1.29, 1.82) is 5.26 Å². The second kappa shape index (κ2) is 8.49. The number of benzene rings is 2. The quantitative estimate of drug-likeness (QED) is 0.766. The number of ether oxygens (including phenoxy) is 1. The third-order valence-electron chi connectivity index (χ3n) is 5.40. The van der Waals surface area contributed by atoms with Crippen LogP contribution in [0, 0.1) is 11.3 Å².